The van der Waals surface area contributed by atoms with Crippen LogP contribution >= 0.6 is 11.6 Å². The molecule has 3 heterocycles. The van der Waals surface area contributed by atoms with Crippen LogP contribution in [0.1, 0.15) is 49.9 Å². The Kier molecular flexibility index (Phi) is 7.55. The largest absolute Gasteiger partial charge is 0.475 e. The molecule has 2 bridgehead atoms. The van der Waals surface area contributed by atoms with Crippen LogP contribution in [0.25, 0.3) is 0 Å². The number of piperidine rings is 1. The van der Waals surface area contributed by atoms with E-state index in [1.54, 1.807) is 19.9 Å². The van der Waals surface area contributed by atoms with E-state index in [9.17, 15) is 27.2 Å². The van der Waals surface area contributed by atoms with Crippen LogP contribution in [0.4, 0.5) is 23.4 Å². The van der Waals surface area contributed by atoms with Crippen molar-refractivity contribution >= 4 is 29.2 Å². The Labute approximate surface area is 216 Å². The number of anilines is 1. The summed E-state index contributed by atoms with van der Waals surface area (Å²) in [5.41, 5.74) is -1.28. The van der Waals surface area contributed by atoms with Crippen molar-refractivity contribution in [1.82, 2.24) is 15.6 Å². The van der Waals surface area contributed by atoms with Crippen LogP contribution in [0.15, 0.2) is 36.5 Å². The highest BCUT2D eigenvalue weighted by atomic mass is 35.5. The van der Waals surface area contributed by atoms with Gasteiger partial charge in [0.05, 0.1) is 5.56 Å². The molecule has 2 fully saturated rings. The quantitative estimate of drug-likeness (QED) is 0.498. The number of benzene rings is 1. The molecular weight excluding hydrogens is 516 g/mol. The van der Waals surface area contributed by atoms with Crippen molar-refractivity contribution in [3.8, 4) is 5.75 Å². The van der Waals surface area contributed by atoms with Gasteiger partial charge in [-0.05, 0) is 69.9 Å². The van der Waals surface area contributed by atoms with Crippen molar-refractivity contribution < 1.29 is 31.9 Å². The van der Waals surface area contributed by atoms with Gasteiger partial charge in [0, 0.05) is 29.3 Å². The van der Waals surface area contributed by atoms with Gasteiger partial charge in [-0.1, -0.05) is 11.6 Å². The van der Waals surface area contributed by atoms with Gasteiger partial charge in [0.25, 0.3) is 11.8 Å². The lowest BCUT2D eigenvalue weighted by molar-refractivity contribution is -0.135. The number of carbonyl (C=O) groups excluding carboxylic acids is 2. The molecule has 0 saturated carbocycles. The van der Waals surface area contributed by atoms with E-state index in [2.05, 4.69) is 15.2 Å². The van der Waals surface area contributed by atoms with Crippen LogP contribution in [-0.2, 0) is 4.79 Å². The number of rotatable bonds is 7. The molecule has 0 unspecified atom stereocenters. The smallest absolute Gasteiger partial charge is 0.405 e. The lowest BCUT2D eigenvalue weighted by Crippen LogP contribution is -2.55. The second kappa shape index (κ2) is 10.4. The molecule has 0 radical (unpaired) electrons. The third-order valence-electron chi connectivity index (χ3n) is 6.60. The lowest BCUT2D eigenvalue weighted by Gasteiger charge is -2.40. The zero-order valence-corrected chi connectivity index (χ0v) is 21.0. The minimum Gasteiger partial charge on any atom is -0.475 e. The standard InChI is InChI=1S/C25H27ClF4N4O3/c1-24(2,37-20-7-4-15(26)9-19(20)27)23(36)33-16-10-17-5-6-18(11-16)34(17)21-8-3-14(12-31-21)22(35)32-13-25(28,29)30/h3-4,7-9,12,16-18H,5-6,10-11,13H2,1-2H3,(H,32,35)(H,33,36)/t16-,17+,18-. The summed E-state index contributed by atoms with van der Waals surface area (Å²) in [4.78, 5) is 31.4. The molecule has 1 aromatic heterocycles. The van der Waals surface area contributed by atoms with Gasteiger partial charge in [-0.2, -0.15) is 13.2 Å². The summed E-state index contributed by atoms with van der Waals surface area (Å²) in [6.07, 6.45) is -0.128. The minimum atomic E-state index is -4.49. The molecule has 12 heteroatoms. The molecule has 0 aliphatic carbocycles. The van der Waals surface area contributed by atoms with E-state index in [1.165, 1.54) is 24.4 Å². The molecule has 2 aliphatic heterocycles. The van der Waals surface area contributed by atoms with Gasteiger partial charge < -0.3 is 20.3 Å². The number of pyridine rings is 1. The van der Waals surface area contributed by atoms with E-state index >= 15 is 0 Å². The number of carbonyl (C=O) groups is 2. The summed E-state index contributed by atoms with van der Waals surface area (Å²) in [6.45, 7) is 1.72. The highest BCUT2D eigenvalue weighted by molar-refractivity contribution is 6.30. The SMILES string of the molecule is CC(C)(Oc1ccc(Cl)cc1F)C(=O)N[C@H]1C[C@H]2CC[C@@H](C1)N2c1ccc(C(=O)NCC(F)(F)F)cn1. The molecule has 0 spiro atoms. The van der Waals surface area contributed by atoms with Crippen LogP contribution in [0.3, 0.4) is 0 Å². The fraction of sp³-hybridized carbons (Fsp3) is 0.480. The summed E-state index contributed by atoms with van der Waals surface area (Å²) in [7, 11) is 0. The van der Waals surface area contributed by atoms with Gasteiger partial charge in [-0.3, -0.25) is 9.59 Å². The second-order valence-corrected chi connectivity index (χ2v) is 10.3. The van der Waals surface area contributed by atoms with Gasteiger partial charge in [0.1, 0.15) is 12.4 Å². The van der Waals surface area contributed by atoms with E-state index in [-0.39, 0.29) is 40.4 Å². The first kappa shape index (κ1) is 27.0. The van der Waals surface area contributed by atoms with E-state index in [1.807, 2.05) is 5.32 Å². The summed E-state index contributed by atoms with van der Waals surface area (Å²) < 4.78 is 56.8. The Hall–Kier alpha value is -3.08. The van der Waals surface area contributed by atoms with Crippen LogP contribution < -0.4 is 20.3 Å². The number of ether oxygens (including phenoxy) is 1. The molecule has 2 saturated heterocycles. The van der Waals surface area contributed by atoms with Gasteiger partial charge in [-0.25, -0.2) is 9.37 Å². The van der Waals surface area contributed by atoms with Crippen LogP contribution in [0, 0.1) is 5.82 Å². The highest BCUT2D eigenvalue weighted by Gasteiger charge is 2.43. The molecule has 1 aromatic carbocycles. The maximum absolute atomic E-state index is 14.2. The molecule has 2 N–H and O–H groups in total. The van der Waals surface area contributed by atoms with Gasteiger partial charge in [0.15, 0.2) is 17.2 Å². The molecule has 4 rings (SSSR count). The van der Waals surface area contributed by atoms with Gasteiger partial charge in [-0.15, -0.1) is 0 Å². The van der Waals surface area contributed by atoms with E-state index in [0.29, 0.717) is 18.7 Å². The monoisotopic (exact) mass is 542 g/mol. The Bertz CT molecular complexity index is 1150. The van der Waals surface area contributed by atoms with Gasteiger partial charge >= 0.3 is 6.18 Å². The van der Waals surface area contributed by atoms with E-state index in [0.717, 1.165) is 18.9 Å². The lowest BCUT2D eigenvalue weighted by atomic mass is 9.96. The van der Waals surface area contributed by atoms with Crippen molar-refractivity contribution in [1.29, 1.82) is 0 Å². The van der Waals surface area contributed by atoms with Crippen molar-refractivity contribution in [3.63, 3.8) is 0 Å². The predicted molar refractivity (Wildman–Crippen MR) is 129 cm³/mol. The third-order valence-corrected chi connectivity index (χ3v) is 6.83. The first-order valence-corrected chi connectivity index (χ1v) is 12.2. The Balaban J connectivity index is 1.35. The molecule has 2 aromatic rings. The Morgan fingerprint density at radius 2 is 1.81 bits per heavy atom. The molecule has 2 amide bonds. The van der Waals surface area contributed by atoms with Crippen molar-refractivity contribution in [2.75, 3.05) is 11.4 Å². The van der Waals surface area contributed by atoms with E-state index < -0.39 is 30.0 Å². The number of hydrogen-bond donors (Lipinski definition) is 2. The maximum atomic E-state index is 14.2. The first-order chi connectivity index (χ1) is 17.3. The van der Waals surface area contributed by atoms with E-state index in [4.69, 9.17) is 16.3 Å². The number of nitrogens with zero attached hydrogens (tertiary/aromatic N) is 2. The van der Waals surface area contributed by atoms with Gasteiger partial charge in [0.2, 0.25) is 0 Å². The molecule has 37 heavy (non-hydrogen) atoms. The normalized spacial score (nSPS) is 21.5. The van der Waals surface area contributed by atoms with Crippen molar-refractivity contribution in [2.45, 2.75) is 69.4 Å². The molecule has 200 valence electrons. The number of halogens is 5. The number of fused-ring (bicyclic) bond motifs is 2. The minimum absolute atomic E-state index is 0.0434. The summed E-state index contributed by atoms with van der Waals surface area (Å²) >= 11 is 5.78. The fourth-order valence-corrected chi connectivity index (χ4v) is 5.02. The summed E-state index contributed by atoms with van der Waals surface area (Å²) in [6, 6.07) is 7.14. The molecule has 3 atom stereocenters. The summed E-state index contributed by atoms with van der Waals surface area (Å²) in [5.74, 6) is -1.31. The first-order valence-electron chi connectivity index (χ1n) is 11.9. The Morgan fingerprint density at radius 1 is 1.14 bits per heavy atom. The third kappa shape index (κ3) is 6.44. The van der Waals surface area contributed by atoms with Crippen molar-refractivity contribution in [2.24, 2.45) is 0 Å². The zero-order valence-electron chi connectivity index (χ0n) is 20.2. The number of hydrogen-bond acceptors (Lipinski definition) is 5. The average Bonchev–Trinajstić information content (AvgIpc) is 3.09. The average molecular weight is 543 g/mol. The predicted octanol–water partition coefficient (Wildman–Crippen LogP) is 4.64. The number of amides is 2. The highest BCUT2D eigenvalue weighted by Crippen LogP contribution is 2.39. The number of nitrogens with one attached hydrogen (secondary N) is 2. The molecular formula is C25H27ClF4N4O3. The number of aromatic nitrogens is 1. The fourth-order valence-electron chi connectivity index (χ4n) is 4.86. The topological polar surface area (TPSA) is 83.6 Å². The second-order valence-electron chi connectivity index (χ2n) is 9.82. The maximum Gasteiger partial charge on any atom is 0.405 e. The summed E-state index contributed by atoms with van der Waals surface area (Å²) in [5, 5.41) is 5.08. The van der Waals surface area contributed by atoms with Crippen LogP contribution in [0.5, 0.6) is 5.75 Å². The molecule has 2 aliphatic rings. The number of alkyl halides is 3. The zero-order chi connectivity index (χ0) is 27.0. The van der Waals surface area contributed by atoms with Crippen LogP contribution in [0.2, 0.25) is 5.02 Å². The van der Waals surface area contributed by atoms with Crippen molar-refractivity contribution in [3.05, 3.63) is 52.9 Å². The molecule has 7 nitrogen and oxygen atoms in total. The van der Waals surface area contributed by atoms with Crippen LogP contribution in [-0.4, -0.2) is 53.2 Å². The Morgan fingerprint density at radius 3 is 2.38 bits per heavy atom.